The molecule has 6 rings (SSSR count). The molecular formula is C28H23ClFN7OS2. The molecular weight excluding hydrogens is 569 g/mol. The molecule has 0 spiro atoms. The van der Waals surface area contributed by atoms with Crippen molar-refractivity contribution in [1.29, 1.82) is 0 Å². The number of hydrogen-bond donors (Lipinski definition) is 0. The van der Waals surface area contributed by atoms with Crippen molar-refractivity contribution in [1.82, 2.24) is 29.6 Å². The first-order valence-corrected chi connectivity index (χ1v) is 14.8. The third-order valence-electron chi connectivity index (χ3n) is 6.50. The number of anilines is 1. The minimum absolute atomic E-state index is 0.0762. The fourth-order valence-corrected chi connectivity index (χ4v) is 6.42. The van der Waals surface area contributed by atoms with Crippen LogP contribution in [0.1, 0.15) is 15.5 Å². The van der Waals surface area contributed by atoms with Crippen LogP contribution in [-0.2, 0) is 5.75 Å². The van der Waals surface area contributed by atoms with Crippen LogP contribution in [0.4, 0.5) is 10.1 Å². The molecule has 1 aliphatic heterocycles. The van der Waals surface area contributed by atoms with Gasteiger partial charge in [-0.05, 0) is 42.5 Å². The van der Waals surface area contributed by atoms with Crippen LogP contribution in [0.5, 0.6) is 0 Å². The van der Waals surface area contributed by atoms with Gasteiger partial charge in [-0.15, -0.1) is 21.5 Å². The lowest BCUT2D eigenvalue weighted by Gasteiger charge is -2.35. The molecule has 0 aliphatic carbocycles. The third kappa shape index (κ3) is 5.58. The zero-order chi connectivity index (χ0) is 27.5. The lowest BCUT2D eigenvalue weighted by Crippen LogP contribution is -2.48. The first kappa shape index (κ1) is 26.4. The smallest absolute Gasteiger partial charge is 0.273 e. The van der Waals surface area contributed by atoms with E-state index >= 15 is 0 Å². The average molecular weight is 592 g/mol. The molecule has 1 aliphatic rings. The summed E-state index contributed by atoms with van der Waals surface area (Å²) in [4.78, 5) is 25.9. The third-order valence-corrected chi connectivity index (χ3v) is 8.71. The molecule has 3 aromatic heterocycles. The Bertz CT molecular complexity index is 1640. The Morgan fingerprint density at radius 2 is 1.80 bits per heavy atom. The summed E-state index contributed by atoms with van der Waals surface area (Å²) in [7, 11) is 0. The largest absolute Gasteiger partial charge is 0.368 e. The van der Waals surface area contributed by atoms with Crippen LogP contribution in [0.15, 0.2) is 83.6 Å². The van der Waals surface area contributed by atoms with Crippen molar-refractivity contribution >= 4 is 46.3 Å². The Balaban J connectivity index is 1.14. The summed E-state index contributed by atoms with van der Waals surface area (Å²) in [5, 5.41) is 12.5. The molecule has 2 aromatic carbocycles. The molecule has 1 amide bonds. The van der Waals surface area contributed by atoms with Gasteiger partial charge in [-0.2, -0.15) is 0 Å². The fraction of sp³-hybridized carbons (Fsp3) is 0.179. The Hall–Kier alpha value is -3.80. The Kier molecular flexibility index (Phi) is 7.76. The van der Waals surface area contributed by atoms with Gasteiger partial charge in [0.25, 0.3) is 5.91 Å². The summed E-state index contributed by atoms with van der Waals surface area (Å²) < 4.78 is 16.5. The monoisotopic (exact) mass is 591 g/mol. The van der Waals surface area contributed by atoms with E-state index in [1.165, 1.54) is 29.2 Å². The minimum atomic E-state index is -0.378. The van der Waals surface area contributed by atoms with Gasteiger partial charge in [-0.25, -0.2) is 9.37 Å². The maximum absolute atomic E-state index is 14.8. The van der Waals surface area contributed by atoms with Crippen LogP contribution >= 0.6 is 34.7 Å². The zero-order valence-electron chi connectivity index (χ0n) is 21.2. The quantitative estimate of drug-likeness (QED) is 0.220. The summed E-state index contributed by atoms with van der Waals surface area (Å²) in [6.45, 7) is 2.67. The van der Waals surface area contributed by atoms with E-state index in [-0.39, 0.29) is 11.7 Å². The van der Waals surface area contributed by atoms with E-state index in [2.05, 4.69) is 25.1 Å². The van der Waals surface area contributed by atoms with Gasteiger partial charge in [0.15, 0.2) is 11.0 Å². The van der Waals surface area contributed by atoms with E-state index in [1.54, 1.807) is 40.5 Å². The number of pyridine rings is 1. The van der Waals surface area contributed by atoms with E-state index in [9.17, 15) is 9.18 Å². The average Bonchev–Trinajstić information content (AvgIpc) is 3.64. The highest BCUT2D eigenvalue weighted by Gasteiger charge is 2.25. The van der Waals surface area contributed by atoms with E-state index < -0.39 is 0 Å². The lowest BCUT2D eigenvalue weighted by atomic mass is 10.2. The van der Waals surface area contributed by atoms with Crippen molar-refractivity contribution in [3.05, 3.63) is 100.0 Å². The van der Waals surface area contributed by atoms with Gasteiger partial charge >= 0.3 is 0 Å². The summed E-state index contributed by atoms with van der Waals surface area (Å²) in [5.74, 6) is 0.523. The van der Waals surface area contributed by atoms with Gasteiger partial charge in [0, 0.05) is 60.2 Å². The summed E-state index contributed by atoms with van der Waals surface area (Å²) in [6, 6.07) is 17.9. The van der Waals surface area contributed by atoms with Crippen molar-refractivity contribution in [2.75, 3.05) is 31.1 Å². The number of hydrogen-bond acceptors (Lipinski definition) is 8. The van der Waals surface area contributed by atoms with Gasteiger partial charge in [0.1, 0.15) is 16.5 Å². The number of nitrogens with zero attached hydrogens (tertiary/aromatic N) is 7. The number of thiazole rings is 1. The van der Waals surface area contributed by atoms with Crippen molar-refractivity contribution in [3.8, 4) is 17.1 Å². The highest BCUT2D eigenvalue weighted by atomic mass is 35.5. The first-order valence-electron chi connectivity index (χ1n) is 12.5. The number of para-hydroxylation sites is 1. The Morgan fingerprint density at radius 1 is 1.00 bits per heavy atom. The van der Waals surface area contributed by atoms with Crippen molar-refractivity contribution in [2.45, 2.75) is 10.9 Å². The maximum Gasteiger partial charge on any atom is 0.273 e. The predicted octanol–water partition coefficient (Wildman–Crippen LogP) is 5.83. The molecule has 1 saturated heterocycles. The van der Waals surface area contributed by atoms with Gasteiger partial charge in [-0.3, -0.25) is 14.3 Å². The van der Waals surface area contributed by atoms with Crippen molar-refractivity contribution < 1.29 is 9.18 Å². The van der Waals surface area contributed by atoms with Gasteiger partial charge in [0.05, 0.1) is 11.4 Å². The Morgan fingerprint density at radius 3 is 2.58 bits per heavy atom. The van der Waals surface area contributed by atoms with Crippen molar-refractivity contribution in [2.24, 2.45) is 0 Å². The molecule has 0 unspecified atom stereocenters. The molecule has 202 valence electrons. The number of piperazine rings is 1. The van der Waals surface area contributed by atoms with E-state index in [4.69, 9.17) is 11.6 Å². The molecule has 40 heavy (non-hydrogen) atoms. The topological polar surface area (TPSA) is 80.0 Å². The number of rotatable bonds is 7. The van der Waals surface area contributed by atoms with Gasteiger partial charge in [0.2, 0.25) is 0 Å². The number of carbonyl (C=O) groups is 1. The standard InChI is InChI=1S/C28H23ClFN7OS2/c29-20-4-3-5-21(16-20)35-12-14-36(15-13-35)27(38)23-17-39-25(32-23)18-40-28-34-33-26(19-8-10-31-11-9-19)37(28)24-7-2-1-6-22(24)30/h1-11,16-17H,12-15,18H2. The number of halogens is 2. The van der Waals surface area contributed by atoms with Crippen LogP contribution in [0.25, 0.3) is 17.1 Å². The number of amides is 1. The molecule has 5 aromatic rings. The molecule has 0 atom stereocenters. The summed E-state index contributed by atoms with van der Waals surface area (Å²) in [5.41, 5.74) is 2.62. The predicted molar refractivity (Wildman–Crippen MR) is 156 cm³/mol. The van der Waals surface area contributed by atoms with Crippen LogP contribution in [0.2, 0.25) is 5.02 Å². The second-order valence-electron chi connectivity index (χ2n) is 9.00. The van der Waals surface area contributed by atoms with Crippen LogP contribution < -0.4 is 4.90 Å². The molecule has 12 heteroatoms. The summed E-state index contributed by atoms with van der Waals surface area (Å²) in [6.07, 6.45) is 3.32. The fourth-order valence-electron chi connectivity index (χ4n) is 4.51. The second kappa shape index (κ2) is 11.7. The normalized spacial score (nSPS) is 13.6. The number of thioether (sulfide) groups is 1. The molecule has 1 fully saturated rings. The SMILES string of the molecule is O=C(c1csc(CSc2nnc(-c3ccncc3)n2-c2ccccc2F)n1)N1CCN(c2cccc(Cl)c2)CC1. The first-order chi connectivity index (χ1) is 19.6. The minimum Gasteiger partial charge on any atom is -0.368 e. The molecule has 0 bridgehead atoms. The van der Waals surface area contributed by atoms with Gasteiger partial charge < -0.3 is 9.80 Å². The van der Waals surface area contributed by atoms with E-state index in [0.29, 0.717) is 46.2 Å². The lowest BCUT2D eigenvalue weighted by molar-refractivity contribution is 0.0741. The number of aromatic nitrogens is 5. The second-order valence-corrected chi connectivity index (χ2v) is 11.3. The molecule has 4 heterocycles. The van der Waals surface area contributed by atoms with Crippen LogP contribution in [-0.4, -0.2) is 61.7 Å². The van der Waals surface area contributed by atoms with Crippen LogP contribution in [0, 0.1) is 5.82 Å². The summed E-state index contributed by atoms with van der Waals surface area (Å²) >= 11 is 8.95. The van der Waals surface area contributed by atoms with Crippen LogP contribution in [0.3, 0.4) is 0 Å². The zero-order valence-corrected chi connectivity index (χ0v) is 23.5. The van der Waals surface area contributed by atoms with Gasteiger partial charge in [-0.1, -0.05) is 41.6 Å². The number of carbonyl (C=O) groups excluding carboxylic acids is 1. The van der Waals surface area contributed by atoms with E-state index in [0.717, 1.165) is 29.3 Å². The molecule has 8 nitrogen and oxygen atoms in total. The molecule has 0 saturated carbocycles. The maximum atomic E-state index is 14.8. The number of benzene rings is 2. The Labute approximate surface area is 243 Å². The van der Waals surface area contributed by atoms with Crippen molar-refractivity contribution in [3.63, 3.8) is 0 Å². The highest BCUT2D eigenvalue weighted by Crippen LogP contribution is 2.31. The molecule has 0 radical (unpaired) electrons. The highest BCUT2D eigenvalue weighted by molar-refractivity contribution is 7.98. The van der Waals surface area contributed by atoms with E-state index in [1.807, 2.05) is 41.3 Å². The molecule has 0 N–H and O–H groups in total.